The summed E-state index contributed by atoms with van der Waals surface area (Å²) in [5.41, 5.74) is 0.446. The van der Waals surface area contributed by atoms with Gasteiger partial charge in [0.05, 0.1) is 13.2 Å². The number of rotatable bonds is 4. The Morgan fingerprint density at radius 3 is 2.47 bits per heavy atom. The molecular formula is C12H13FO2. The molecular weight excluding hydrogens is 195 g/mol. The average molecular weight is 208 g/mol. The molecule has 0 spiro atoms. The highest BCUT2D eigenvalue weighted by molar-refractivity contribution is 5.50. The molecule has 1 aliphatic heterocycles. The van der Waals surface area contributed by atoms with Crippen molar-refractivity contribution in [2.45, 2.75) is 18.5 Å². The molecule has 0 aliphatic carbocycles. The van der Waals surface area contributed by atoms with Crippen LogP contribution in [0.2, 0.25) is 0 Å². The van der Waals surface area contributed by atoms with Crippen molar-refractivity contribution in [2.75, 3.05) is 13.2 Å². The Balaban J connectivity index is 2.06. The lowest BCUT2D eigenvalue weighted by molar-refractivity contribution is -0.135. The lowest BCUT2D eigenvalue weighted by Crippen LogP contribution is -2.42. The van der Waals surface area contributed by atoms with Crippen LogP contribution in [-0.2, 0) is 21.6 Å². The van der Waals surface area contributed by atoms with Gasteiger partial charge in [0.2, 0.25) is 0 Å². The first-order valence-corrected chi connectivity index (χ1v) is 5.04. The highest BCUT2D eigenvalue weighted by Gasteiger charge is 2.40. The summed E-state index contributed by atoms with van der Waals surface area (Å²) in [7, 11) is 0. The molecule has 80 valence electrons. The van der Waals surface area contributed by atoms with Gasteiger partial charge in [-0.25, -0.2) is 4.39 Å². The van der Waals surface area contributed by atoms with Gasteiger partial charge in [0.1, 0.15) is 6.29 Å². The van der Waals surface area contributed by atoms with Gasteiger partial charge in [-0.3, -0.25) is 0 Å². The summed E-state index contributed by atoms with van der Waals surface area (Å²) in [4.78, 5) is 10.2. The monoisotopic (exact) mass is 208 g/mol. The van der Waals surface area contributed by atoms with Crippen molar-refractivity contribution in [3.63, 3.8) is 0 Å². The van der Waals surface area contributed by atoms with E-state index in [1.54, 1.807) is 12.1 Å². The molecule has 1 heterocycles. The first-order valence-electron chi connectivity index (χ1n) is 5.04. The fourth-order valence-electron chi connectivity index (χ4n) is 1.64. The smallest absolute Gasteiger partial charge is 0.182 e. The molecule has 0 unspecified atom stereocenters. The number of hydrogen-bond donors (Lipinski definition) is 0. The van der Waals surface area contributed by atoms with Crippen LogP contribution in [-0.4, -0.2) is 19.5 Å². The lowest BCUT2D eigenvalue weighted by atomic mass is 9.93. The number of alkyl halides is 1. The standard InChI is InChI=1S/C12H13FO2/c13-12(8-15-9-12)11-5-3-10(4-6-11)2-1-7-14/h3-7H,1-2,8-9H2. The second-order valence-electron chi connectivity index (χ2n) is 3.86. The molecule has 0 aromatic heterocycles. The SMILES string of the molecule is O=CCCc1ccc(C2(F)COC2)cc1. The quantitative estimate of drug-likeness (QED) is 0.707. The Kier molecular flexibility index (Phi) is 2.82. The number of hydrogen-bond acceptors (Lipinski definition) is 2. The van der Waals surface area contributed by atoms with Crippen LogP contribution in [0.25, 0.3) is 0 Å². The summed E-state index contributed by atoms with van der Waals surface area (Å²) in [6.45, 7) is 0.307. The summed E-state index contributed by atoms with van der Waals surface area (Å²) in [6.07, 6.45) is 2.13. The molecule has 3 heteroatoms. The van der Waals surface area contributed by atoms with E-state index in [0.717, 1.165) is 18.3 Å². The van der Waals surface area contributed by atoms with Crippen molar-refractivity contribution in [1.29, 1.82) is 0 Å². The molecule has 0 saturated carbocycles. The predicted octanol–water partition coefficient (Wildman–Crippen LogP) is 2.01. The van der Waals surface area contributed by atoms with E-state index in [1.165, 1.54) is 0 Å². The van der Waals surface area contributed by atoms with Gasteiger partial charge in [-0.15, -0.1) is 0 Å². The second kappa shape index (κ2) is 4.11. The molecule has 15 heavy (non-hydrogen) atoms. The number of benzene rings is 1. The minimum atomic E-state index is -1.29. The molecule has 2 rings (SSSR count). The van der Waals surface area contributed by atoms with E-state index in [-0.39, 0.29) is 13.2 Å². The highest BCUT2D eigenvalue weighted by atomic mass is 19.1. The maximum absolute atomic E-state index is 13.8. The average Bonchev–Trinajstić information content (AvgIpc) is 2.24. The number of halogens is 1. The Labute approximate surface area is 88.1 Å². The summed E-state index contributed by atoms with van der Waals surface area (Å²) in [6, 6.07) is 7.31. The number of ether oxygens (including phenoxy) is 1. The zero-order valence-corrected chi connectivity index (χ0v) is 8.41. The van der Waals surface area contributed by atoms with Crippen LogP contribution in [0.4, 0.5) is 4.39 Å². The molecule has 1 aromatic rings. The number of aldehydes is 1. The minimum Gasteiger partial charge on any atom is -0.374 e. The number of aryl methyl sites for hydroxylation is 1. The van der Waals surface area contributed by atoms with Crippen molar-refractivity contribution >= 4 is 6.29 Å². The Hall–Kier alpha value is -1.22. The molecule has 0 amide bonds. The summed E-state index contributed by atoms with van der Waals surface area (Å²) >= 11 is 0. The van der Waals surface area contributed by atoms with Crippen molar-refractivity contribution in [3.05, 3.63) is 35.4 Å². The topological polar surface area (TPSA) is 26.3 Å². The molecule has 0 radical (unpaired) electrons. The molecule has 1 aliphatic rings. The van der Waals surface area contributed by atoms with Crippen molar-refractivity contribution in [2.24, 2.45) is 0 Å². The number of carbonyl (C=O) groups is 1. The summed E-state index contributed by atoms with van der Waals surface area (Å²) in [5.74, 6) is 0. The van der Waals surface area contributed by atoms with Crippen molar-refractivity contribution in [3.8, 4) is 0 Å². The van der Waals surface area contributed by atoms with Gasteiger partial charge in [-0.05, 0) is 17.5 Å². The van der Waals surface area contributed by atoms with Gasteiger partial charge >= 0.3 is 0 Å². The molecule has 0 bridgehead atoms. The fraction of sp³-hybridized carbons (Fsp3) is 0.417. The van der Waals surface area contributed by atoms with E-state index in [1.807, 2.05) is 12.1 Å². The summed E-state index contributed by atoms with van der Waals surface area (Å²) in [5, 5.41) is 0. The van der Waals surface area contributed by atoms with E-state index in [4.69, 9.17) is 4.74 Å². The van der Waals surface area contributed by atoms with E-state index >= 15 is 0 Å². The van der Waals surface area contributed by atoms with Crippen molar-refractivity contribution in [1.82, 2.24) is 0 Å². The van der Waals surface area contributed by atoms with Crippen LogP contribution in [0.15, 0.2) is 24.3 Å². The predicted molar refractivity (Wildman–Crippen MR) is 54.4 cm³/mol. The molecule has 1 saturated heterocycles. The molecule has 0 atom stereocenters. The van der Waals surface area contributed by atoms with Gasteiger partial charge in [0.15, 0.2) is 5.67 Å². The van der Waals surface area contributed by atoms with Crippen LogP contribution >= 0.6 is 0 Å². The fourth-order valence-corrected chi connectivity index (χ4v) is 1.64. The third-order valence-electron chi connectivity index (χ3n) is 2.68. The van der Waals surface area contributed by atoms with Crippen LogP contribution in [0.3, 0.4) is 0 Å². The largest absolute Gasteiger partial charge is 0.374 e. The van der Waals surface area contributed by atoms with Gasteiger partial charge in [-0.1, -0.05) is 24.3 Å². The van der Waals surface area contributed by atoms with E-state index in [9.17, 15) is 9.18 Å². The van der Waals surface area contributed by atoms with E-state index < -0.39 is 5.67 Å². The third-order valence-corrected chi connectivity index (χ3v) is 2.68. The maximum Gasteiger partial charge on any atom is 0.182 e. The van der Waals surface area contributed by atoms with E-state index in [2.05, 4.69) is 0 Å². The summed E-state index contributed by atoms with van der Waals surface area (Å²) < 4.78 is 18.7. The third kappa shape index (κ3) is 2.07. The Morgan fingerprint density at radius 2 is 2.00 bits per heavy atom. The molecule has 2 nitrogen and oxygen atoms in total. The Morgan fingerprint density at radius 1 is 1.33 bits per heavy atom. The number of carbonyl (C=O) groups excluding carboxylic acids is 1. The van der Waals surface area contributed by atoms with E-state index in [0.29, 0.717) is 12.0 Å². The molecule has 0 N–H and O–H groups in total. The normalized spacial score (nSPS) is 18.2. The maximum atomic E-state index is 13.8. The van der Waals surface area contributed by atoms with Crippen molar-refractivity contribution < 1.29 is 13.9 Å². The van der Waals surface area contributed by atoms with Crippen LogP contribution in [0.5, 0.6) is 0 Å². The van der Waals surface area contributed by atoms with Crippen LogP contribution in [0.1, 0.15) is 17.5 Å². The zero-order valence-electron chi connectivity index (χ0n) is 8.41. The lowest BCUT2D eigenvalue weighted by Gasteiger charge is -2.34. The van der Waals surface area contributed by atoms with Gasteiger partial charge in [-0.2, -0.15) is 0 Å². The molecule has 1 aromatic carbocycles. The second-order valence-corrected chi connectivity index (χ2v) is 3.86. The van der Waals surface area contributed by atoms with Gasteiger partial charge < -0.3 is 9.53 Å². The zero-order chi connectivity index (χ0) is 10.7. The van der Waals surface area contributed by atoms with Crippen LogP contribution < -0.4 is 0 Å². The highest BCUT2D eigenvalue weighted by Crippen LogP contribution is 2.33. The molecule has 1 fully saturated rings. The van der Waals surface area contributed by atoms with Crippen LogP contribution in [0, 0.1) is 0 Å². The first kappa shape index (κ1) is 10.3. The Bertz CT molecular complexity index is 341. The first-order chi connectivity index (χ1) is 7.24. The van der Waals surface area contributed by atoms with Gasteiger partial charge in [0, 0.05) is 6.42 Å². The minimum absolute atomic E-state index is 0.153. The van der Waals surface area contributed by atoms with Gasteiger partial charge in [0.25, 0.3) is 0 Å².